The molecule has 7 nitrogen and oxygen atoms in total. The van der Waals surface area contributed by atoms with Gasteiger partial charge in [0.25, 0.3) is 5.91 Å². The van der Waals surface area contributed by atoms with Gasteiger partial charge in [0.2, 0.25) is 0 Å². The SMILES string of the molecule is Cc1cnc(C(F)(F)F)cc1-c1cc2n(n1)CCCC2NC(=O)c1cc(C(F)(F)F)nn1C. The van der Waals surface area contributed by atoms with Crippen LogP contribution in [0.5, 0.6) is 0 Å². The minimum atomic E-state index is -4.69. The van der Waals surface area contributed by atoms with E-state index in [1.807, 2.05) is 0 Å². The van der Waals surface area contributed by atoms with Crippen molar-refractivity contribution >= 4 is 5.91 Å². The van der Waals surface area contributed by atoms with Crippen LogP contribution in [0.15, 0.2) is 24.4 Å². The number of nitrogens with one attached hydrogen (secondary N) is 1. The van der Waals surface area contributed by atoms with Gasteiger partial charge in [0, 0.05) is 31.4 Å². The molecule has 0 saturated heterocycles. The van der Waals surface area contributed by atoms with Crippen LogP contribution in [-0.2, 0) is 25.9 Å². The monoisotopic (exact) mass is 472 g/mol. The third-order valence-corrected chi connectivity index (χ3v) is 5.41. The summed E-state index contributed by atoms with van der Waals surface area (Å²) in [5, 5.41) is 10.4. The fourth-order valence-electron chi connectivity index (χ4n) is 3.77. The Hall–Kier alpha value is -3.38. The number of nitrogens with zero attached hydrogens (tertiary/aromatic N) is 5. The summed E-state index contributed by atoms with van der Waals surface area (Å²) in [6.45, 7) is 2.10. The van der Waals surface area contributed by atoms with Crippen molar-refractivity contribution in [3.8, 4) is 11.3 Å². The number of aryl methyl sites for hydroxylation is 3. The van der Waals surface area contributed by atoms with E-state index in [0.29, 0.717) is 36.7 Å². The van der Waals surface area contributed by atoms with E-state index in [0.717, 1.165) is 16.9 Å². The molecule has 4 heterocycles. The number of aromatic nitrogens is 5. The normalized spacial score (nSPS) is 16.5. The summed E-state index contributed by atoms with van der Waals surface area (Å²) in [6.07, 6.45) is -7.08. The van der Waals surface area contributed by atoms with Crippen molar-refractivity contribution in [2.75, 3.05) is 0 Å². The minimum Gasteiger partial charge on any atom is -0.342 e. The second kappa shape index (κ2) is 7.89. The molecule has 4 rings (SSSR count). The lowest BCUT2D eigenvalue weighted by Gasteiger charge is -2.24. The summed E-state index contributed by atoms with van der Waals surface area (Å²) in [5.74, 6) is -0.749. The number of carbonyl (C=O) groups excluding carboxylic acids is 1. The van der Waals surface area contributed by atoms with Gasteiger partial charge in [-0.05, 0) is 37.5 Å². The number of hydrogen-bond donors (Lipinski definition) is 1. The molecular weight excluding hydrogens is 454 g/mol. The molecule has 0 aliphatic carbocycles. The lowest BCUT2D eigenvalue weighted by Crippen LogP contribution is -2.33. The molecule has 0 saturated carbocycles. The molecule has 1 aliphatic rings. The van der Waals surface area contributed by atoms with Crippen LogP contribution in [0, 0.1) is 6.92 Å². The van der Waals surface area contributed by atoms with Gasteiger partial charge >= 0.3 is 12.4 Å². The Labute approximate surface area is 183 Å². The standard InChI is InChI=1S/C20H18F6N6O/c1-10-9-27-16(19(21,22)23)6-11(10)13-7-14-12(4-3-5-32(14)29-13)28-18(33)15-8-17(20(24,25)26)30-31(15)2/h6-9,12H,3-5H2,1-2H3,(H,28,33). The summed E-state index contributed by atoms with van der Waals surface area (Å²) >= 11 is 0. The zero-order valence-electron chi connectivity index (χ0n) is 17.4. The molecule has 3 aromatic heterocycles. The van der Waals surface area contributed by atoms with Crippen LogP contribution in [0.2, 0.25) is 0 Å². The highest BCUT2D eigenvalue weighted by Crippen LogP contribution is 2.34. The minimum absolute atomic E-state index is 0.255. The highest BCUT2D eigenvalue weighted by molar-refractivity contribution is 5.93. The van der Waals surface area contributed by atoms with E-state index in [-0.39, 0.29) is 17.0 Å². The molecule has 0 fully saturated rings. The number of hydrogen-bond acceptors (Lipinski definition) is 4. The third kappa shape index (κ3) is 4.44. The van der Waals surface area contributed by atoms with Crippen molar-refractivity contribution < 1.29 is 31.1 Å². The number of pyridine rings is 1. The van der Waals surface area contributed by atoms with Gasteiger partial charge < -0.3 is 5.32 Å². The van der Waals surface area contributed by atoms with Crippen LogP contribution >= 0.6 is 0 Å². The Morgan fingerprint density at radius 3 is 2.39 bits per heavy atom. The van der Waals surface area contributed by atoms with Gasteiger partial charge in [-0.1, -0.05) is 0 Å². The fourth-order valence-corrected chi connectivity index (χ4v) is 3.77. The molecule has 1 N–H and O–H groups in total. The van der Waals surface area contributed by atoms with E-state index in [2.05, 4.69) is 20.5 Å². The summed E-state index contributed by atoms with van der Waals surface area (Å²) in [6, 6.07) is 2.59. The van der Waals surface area contributed by atoms with Crippen molar-refractivity contribution in [2.45, 2.75) is 44.7 Å². The number of alkyl halides is 6. The number of rotatable bonds is 3. The number of halogens is 6. The van der Waals surface area contributed by atoms with Gasteiger partial charge in [-0.25, -0.2) is 0 Å². The molecule has 0 aromatic carbocycles. The molecule has 176 valence electrons. The smallest absolute Gasteiger partial charge is 0.342 e. The van der Waals surface area contributed by atoms with Crippen molar-refractivity contribution in [3.05, 3.63) is 52.7 Å². The lowest BCUT2D eigenvalue weighted by atomic mass is 10.0. The van der Waals surface area contributed by atoms with Crippen LogP contribution in [0.3, 0.4) is 0 Å². The lowest BCUT2D eigenvalue weighted by molar-refractivity contribution is -0.142. The van der Waals surface area contributed by atoms with Crippen molar-refractivity contribution in [2.24, 2.45) is 7.05 Å². The Kier molecular flexibility index (Phi) is 5.45. The zero-order valence-corrected chi connectivity index (χ0v) is 17.4. The topological polar surface area (TPSA) is 77.6 Å². The van der Waals surface area contributed by atoms with Gasteiger partial charge in [0.1, 0.15) is 11.4 Å². The molecular formula is C20H18F6N6O. The first kappa shape index (κ1) is 22.8. The van der Waals surface area contributed by atoms with E-state index in [9.17, 15) is 31.1 Å². The largest absolute Gasteiger partial charge is 0.435 e. The van der Waals surface area contributed by atoms with Crippen LogP contribution < -0.4 is 5.32 Å². The van der Waals surface area contributed by atoms with E-state index in [1.165, 1.54) is 7.05 Å². The first-order valence-electron chi connectivity index (χ1n) is 9.88. The second-order valence-electron chi connectivity index (χ2n) is 7.76. The molecule has 1 atom stereocenters. The summed E-state index contributed by atoms with van der Waals surface area (Å²) in [4.78, 5) is 16.1. The Morgan fingerprint density at radius 1 is 1.06 bits per heavy atom. The molecule has 3 aromatic rings. The Balaban J connectivity index is 1.63. The molecule has 1 amide bonds. The predicted octanol–water partition coefficient (Wildman–Crippen LogP) is 4.29. The van der Waals surface area contributed by atoms with Crippen LogP contribution in [0.4, 0.5) is 26.3 Å². The third-order valence-electron chi connectivity index (χ3n) is 5.41. The fraction of sp³-hybridized carbons (Fsp3) is 0.400. The highest BCUT2D eigenvalue weighted by atomic mass is 19.4. The maximum absolute atomic E-state index is 13.1. The molecule has 0 radical (unpaired) electrons. The first-order valence-corrected chi connectivity index (χ1v) is 9.88. The molecule has 13 heteroatoms. The molecule has 0 bridgehead atoms. The van der Waals surface area contributed by atoms with Crippen LogP contribution in [-0.4, -0.2) is 30.5 Å². The molecule has 1 aliphatic heterocycles. The van der Waals surface area contributed by atoms with E-state index < -0.39 is 35.7 Å². The molecule has 1 unspecified atom stereocenters. The maximum atomic E-state index is 13.1. The Bertz CT molecular complexity index is 1210. The van der Waals surface area contributed by atoms with Crippen molar-refractivity contribution in [1.82, 2.24) is 29.9 Å². The molecule has 33 heavy (non-hydrogen) atoms. The van der Waals surface area contributed by atoms with Gasteiger partial charge in [-0.3, -0.25) is 19.1 Å². The summed E-state index contributed by atoms with van der Waals surface area (Å²) in [5.41, 5.74) is -0.905. The summed E-state index contributed by atoms with van der Waals surface area (Å²) in [7, 11) is 1.23. The van der Waals surface area contributed by atoms with Crippen LogP contribution in [0.25, 0.3) is 11.3 Å². The van der Waals surface area contributed by atoms with E-state index in [4.69, 9.17) is 0 Å². The number of amides is 1. The van der Waals surface area contributed by atoms with Gasteiger partial charge in [-0.15, -0.1) is 0 Å². The van der Waals surface area contributed by atoms with Gasteiger partial charge in [0.05, 0.1) is 17.4 Å². The molecule has 0 spiro atoms. The number of carbonyl (C=O) groups is 1. The first-order chi connectivity index (χ1) is 15.3. The highest BCUT2D eigenvalue weighted by Gasteiger charge is 2.36. The van der Waals surface area contributed by atoms with Crippen LogP contribution in [0.1, 0.15) is 52.0 Å². The Morgan fingerprint density at radius 2 is 1.76 bits per heavy atom. The second-order valence-corrected chi connectivity index (χ2v) is 7.76. The van der Waals surface area contributed by atoms with Gasteiger partial charge in [-0.2, -0.15) is 36.5 Å². The zero-order chi connectivity index (χ0) is 24.1. The van der Waals surface area contributed by atoms with Gasteiger partial charge in [0.15, 0.2) is 5.69 Å². The van der Waals surface area contributed by atoms with E-state index >= 15 is 0 Å². The number of fused-ring (bicyclic) bond motifs is 1. The predicted molar refractivity (Wildman–Crippen MR) is 103 cm³/mol. The summed E-state index contributed by atoms with van der Waals surface area (Å²) < 4.78 is 80.5. The quantitative estimate of drug-likeness (QED) is 0.577. The maximum Gasteiger partial charge on any atom is 0.435 e. The van der Waals surface area contributed by atoms with E-state index in [1.54, 1.807) is 17.7 Å². The van der Waals surface area contributed by atoms with Crippen molar-refractivity contribution in [1.29, 1.82) is 0 Å². The average molecular weight is 472 g/mol. The van der Waals surface area contributed by atoms with Crippen molar-refractivity contribution in [3.63, 3.8) is 0 Å². The average Bonchev–Trinajstić information content (AvgIpc) is 3.31.